The highest BCUT2D eigenvalue weighted by molar-refractivity contribution is 5.95. The van der Waals surface area contributed by atoms with Gasteiger partial charge in [-0.25, -0.2) is 0 Å². The maximum absolute atomic E-state index is 13.1. The number of fused-ring (bicyclic) bond motifs is 1. The van der Waals surface area contributed by atoms with Gasteiger partial charge < -0.3 is 4.90 Å². The van der Waals surface area contributed by atoms with Crippen molar-refractivity contribution in [3.05, 3.63) is 53.3 Å². The van der Waals surface area contributed by atoms with Crippen molar-refractivity contribution in [1.29, 1.82) is 0 Å². The molecule has 0 saturated carbocycles. The van der Waals surface area contributed by atoms with Crippen molar-refractivity contribution in [3.8, 4) is 0 Å². The van der Waals surface area contributed by atoms with Crippen molar-refractivity contribution < 1.29 is 4.79 Å². The minimum absolute atomic E-state index is 0.147. The minimum atomic E-state index is 0.147. The molecule has 1 aromatic heterocycles. The molecule has 138 valence electrons. The topological polar surface area (TPSA) is 41.4 Å². The molecule has 0 bridgehead atoms. The maximum atomic E-state index is 13.1. The van der Waals surface area contributed by atoms with Gasteiger partial charge in [0.05, 0.1) is 11.8 Å². The first-order valence-electron chi connectivity index (χ1n) is 9.67. The van der Waals surface area contributed by atoms with Crippen molar-refractivity contribution in [3.63, 3.8) is 0 Å². The van der Waals surface area contributed by atoms with Crippen LogP contribution in [0.2, 0.25) is 0 Å². The second-order valence-electron chi connectivity index (χ2n) is 7.80. The molecule has 2 aliphatic rings. The van der Waals surface area contributed by atoms with Crippen LogP contribution in [0.3, 0.4) is 0 Å². The van der Waals surface area contributed by atoms with Crippen molar-refractivity contribution in [2.75, 3.05) is 26.7 Å². The molecule has 0 aliphatic carbocycles. The molecule has 0 radical (unpaired) electrons. The number of amides is 1. The van der Waals surface area contributed by atoms with Gasteiger partial charge in [0.15, 0.2) is 0 Å². The Kier molecular flexibility index (Phi) is 4.57. The molecular formula is C21H28N4O. The Morgan fingerprint density at radius 2 is 1.96 bits per heavy atom. The van der Waals surface area contributed by atoms with Crippen LogP contribution in [-0.4, -0.2) is 52.2 Å². The molecule has 2 aliphatic heterocycles. The van der Waals surface area contributed by atoms with Gasteiger partial charge in [0.1, 0.15) is 0 Å². The van der Waals surface area contributed by atoms with Crippen LogP contribution in [0.5, 0.6) is 0 Å². The van der Waals surface area contributed by atoms with Crippen LogP contribution in [-0.2, 0) is 6.54 Å². The zero-order valence-electron chi connectivity index (χ0n) is 15.9. The first-order valence-corrected chi connectivity index (χ1v) is 9.67. The van der Waals surface area contributed by atoms with Gasteiger partial charge in [-0.05, 0) is 31.9 Å². The van der Waals surface area contributed by atoms with Crippen molar-refractivity contribution in [1.82, 2.24) is 19.6 Å². The lowest BCUT2D eigenvalue weighted by Gasteiger charge is -2.26. The van der Waals surface area contributed by atoms with E-state index in [4.69, 9.17) is 0 Å². The van der Waals surface area contributed by atoms with Crippen molar-refractivity contribution in [2.24, 2.45) is 11.8 Å². The molecule has 2 fully saturated rings. The highest BCUT2D eigenvalue weighted by Gasteiger charge is 2.47. The highest BCUT2D eigenvalue weighted by Crippen LogP contribution is 2.44. The molecule has 4 rings (SSSR count). The molecule has 2 aromatic rings. The molecule has 0 spiro atoms. The zero-order chi connectivity index (χ0) is 18.3. The lowest BCUT2D eigenvalue weighted by Crippen LogP contribution is -2.33. The summed E-state index contributed by atoms with van der Waals surface area (Å²) < 4.78 is 1.95. The summed E-state index contributed by atoms with van der Waals surface area (Å²) in [7, 11) is 2.21. The van der Waals surface area contributed by atoms with Gasteiger partial charge in [-0.2, -0.15) is 5.10 Å². The third kappa shape index (κ3) is 2.84. The van der Waals surface area contributed by atoms with Gasteiger partial charge >= 0.3 is 0 Å². The van der Waals surface area contributed by atoms with Crippen LogP contribution in [0.15, 0.2) is 36.5 Å². The van der Waals surface area contributed by atoms with Gasteiger partial charge in [-0.3, -0.25) is 14.4 Å². The number of carbonyl (C=O) groups is 1. The predicted octanol–water partition coefficient (Wildman–Crippen LogP) is 2.98. The van der Waals surface area contributed by atoms with Gasteiger partial charge in [0.2, 0.25) is 0 Å². The molecule has 0 unspecified atom stereocenters. The number of likely N-dealkylation sites (tertiary alicyclic amines) is 2. The SMILES string of the molecule is CCCn1ncc(C(=O)N2C[C@@H]3CN(C)[C@@H](c4ccccc4)[C@@H]3C2)c1C. The molecular weight excluding hydrogens is 324 g/mol. The largest absolute Gasteiger partial charge is 0.338 e. The molecule has 1 aromatic carbocycles. The van der Waals surface area contributed by atoms with E-state index in [9.17, 15) is 4.79 Å². The average Bonchev–Trinajstić information content (AvgIpc) is 3.28. The summed E-state index contributed by atoms with van der Waals surface area (Å²) in [6.07, 6.45) is 2.78. The molecule has 3 atom stereocenters. The standard InChI is InChI=1S/C21H28N4O/c1-4-10-25-15(2)18(11-22-25)21(26)24-13-17-12-23(3)20(19(17)14-24)16-8-6-5-7-9-16/h5-9,11,17,19-20H,4,10,12-14H2,1-3H3/t17-,19+,20-/m0/s1. The molecule has 5 heteroatoms. The molecule has 3 heterocycles. The number of benzene rings is 1. The van der Waals surface area contributed by atoms with E-state index in [2.05, 4.69) is 59.2 Å². The summed E-state index contributed by atoms with van der Waals surface area (Å²) in [4.78, 5) is 17.6. The summed E-state index contributed by atoms with van der Waals surface area (Å²) in [6, 6.07) is 11.1. The molecule has 1 amide bonds. The monoisotopic (exact) mass is 352 g/mol. The van der Waals surface area contributed by atoms with E-state index in [1.54, 1.807) is 6.20 Å². The predicted molar refractivity (Wildman–Crippen MR) is 102 cm³/mol. The van der Waals surface area contributed by atoms with Crippen LogP contribution in [0.25, 0.3) is 0 Å². The lowest BCUT2D eigenvalue weighted by molar-refractivity contribution is 0.0767. The van der Waals surface area contributed by atoms with Crippen LogP contribution < -0.4 is 0 Å². The fourth-order valence-corrected chi connectivity index (χ4v) is 4.84. The van der Waals surface area contributed by atoms with Gasteiger partial charge in [0, 0.05) is 43.8 Å². The fraction of sp³-hybridized carbons (Fsp3) is 0.524. The van der Waals surface area contributed by atoms with E-state index in [-0.39, 0.29) is 5.91 Å². The Labute approximate surface area is 155 Å². The van der Waals surface area contributed by atoms with E-state index in [0.717, 1.165) is 43.9 Å². The van der Waals surface area contributed by atoms with Crippen molar-refractivity contribution >= 4 is 5.91 Å². The number of hydrogen-bond donors (Lipinski definition) is 0. The number of hydrogen-bond acceptors (Lipinski definition) is 3. The van der Waals surface area contributed by atoms with E-state index >= 15 is 0 Å². The summed E-state index contributed by atoms with van der Waals surface area (Å²) in [5, 5.41) is 4.41. The van der Waals surface area contributed by atoms with E-state index in [1.165, 1.54) is 5.56 Å². The van der Waals surface area contributed by atoms with Crippen LogP contribution >= 0.6 is 0 Å². The van der Waals surface area contributed by atoms with E-state index < -0.39 is 0 Å². The Hall–Kier alpha value is -2.14. The van der Waals surface area contributed by atoms with Crippen LogP contribution in [0.1, 0.15) is 41.0 Å². The van der Waals surface area contributed by atoms with Crippen molar-refractivity contribution in [2.45, 2.75) is 32.9 Å². The second kappa shape index (κ2) is 6.88. The van der Waals surface area contributed by atoms with Crippen LogP contribution in [0.4, 0.5) is 0 Å². The Balaban J connectivity index is 1.53. The van der Waals surface area contributed by atoms with Crippen LogP contribution in [0, 0.1) is 18.8 Å². The average molecular weight is 352 g/mol. The third-order valence-corrected chi connectivity index (χ3v) is 6.09. The molecule has 5 nitrogen and oxygen atoms in total. The Bertz CT molecular complexity index is 785. The summed E-state index contributed by atoms with van der Waals surface area (Å²) in [5.74, 6) is 1.21. The maximum Gasteiger partial charge on any atom is 0.257 e. The highest BCUT2D eigenvalue weighted by atomic mass is 16.2. The smallest absolute Gasteiger partial charge is 0.257 e. The quantitative estimate of drug-likeness (QED) is 0.849. The minimum Gasteiger partial charge on any atom is -0.338 e. The van der Waals surface area contributed by atoms with Gasteiger partial charge in [-0.1, -0.05) is 37.3 Å². The number of aromatic nitrogens is 2. The van der Waals surface area contributed by atoms with Gasteiger partial charge in [0.25, 0.3) is 5.91 Å². The third-order valence-electron chi connectivity index (χ3n) is 6.09. The molecule has 2 saturated heterocycles. The first-order chi connectivity index (χ1) is 12.6. The molecule has 0 N–H and O–H groups in total. The fourth-order valence-electron chi connectivity index (χ4n) is 4.84. The van der Waals surface area contributed by atoms with E-state index in [0.29, 0.717) is 17.9 Å². The number of nitrogens with zero attached hydrogens (tertiary/aromatic N) is 4. The first kappa shape index (κ1) is 17.3. The second-order valence-corrected chi connectivity index (χ2v) is 7.80. The van der Waals surface area contributed by atoms with E-state index in [1.807, 2.05) is 11.6 Å². The Morgan fingerprint density at radius 1 is 1.19 bits per heavy atom. The van der Waals surface area contributed by atoms with Gasteiger partial charge in [-0.15, -0.1) is 0 Å². The lowest BCUT2D eigenvalue weighted by atomic mass is 9.90. The summed E-state index contributed by atoms with van der Waals surface area (Å²) >= 11 is 0. The summed E-state index contributed by atoms with van der Waals surface area (Å²) in [6.45, 7) is 7.76. The number of aryl methyl sites for hydroxylation is 1. The normalized spacial score (nSPS) is 25.7. The number of carbonyl (C=O) groups excluding carboxylic acids is 1. The number of rotatable bonds is 4. The Morgan fingerprint density at radius 3 is 2.69 bits per heavy atom. The zero-order valence-corrected chi connectivity index (χ0v) is 15.9. The molecule has 26 heavy (non-hydrogen) atoms. The summed E-state index contributed by atoms with van der Waals surface area (Å²) in [5.41, 5.74) is 3.12.